The molecule has 0 radical (unpaired) electrons. The minimum absolute atomic E-state index is 0. The van der Waals surface area contributed by atoms with Gasteiger partial charge < -0.3 is 10.6 Å². The molecular weight excluding hydrogens is 224 g/mol. The highest BCUT2D eigenvalue weighted by Crippen LogP contribution is 2.31. The normalized spacial score (nSPS) is 25.8. The molecule has 16 heavy (non-hydrogen) atoms. The van der Waals surface area contributed by atoms with Gasteiger partial charge in [-0.1, -0.05) is 6.42 Å². The minimum atomic E-state index is 0. The van der Waals surface area contributed by atoms with E-state index >= 15 is 0 Å². The summed E-state index contributed by atoms with van der Waals surface area (Å²) in [5, 5.41) is 0. The third-order valence-corrected chi connectivity index (χ3v) is 3.86. The molecule has 0 aromatic carbocycles. The van der Waals surface area contributed by atoms with E-state index in [0.29, 0.717) is 24.4 Å². The summed E-state index contributed by atoms with van der Waals surface area (Å²) >= 11 is 0. The Bertz CT molecular complexity index is 229. The van der Waals surface area contributed by atoms with Gasteiger partial charge in [-0.3, -0.25) is 4.79 Å². The van der Waals surface area contributed by atoms with Crippen LogP contribution in [0.4, 0.5) is 0 Å². The lowest BCUT2D eigenvalue weighted by atomic mass is 9.83. The van der Waals surface area contributed by atoms with E-state index in [1.165, 1.54) is 19.3 Å². The summed E-state index contributed by atoms with van der Waals surface area (Å²) in [5.74, 6) is 0.766. The molecule has 1 aliphatic heterocycles. The van der Waals surface area contributed by atoms with Crippen molar-refractivity contribution in [3.05, 3.63) is 0 Å². The van der Waals surface area contributed by atoms with Crippen molar-refractivity contribution >= 4 is 18.3 Å². The van der Waals surface area contributed by atoms with E-state index in [2.05, 4.69) is 4.90 Å². The Morgan fingerprint density at radius 2 is 1.94 bits per heavy atom. The molecular formula is C12H23ClN2O. The van der Waals surface area contributed by atoms with Crippen LogP contribution in [0.5, 0.6) is 0 Å². The monoisotopic (exact) mass is 246 g/mol. The van der Waals surface area contributed by atoms with Crippen LogP contribution in [-0.4, -0.2) is 29.9 Å². The third-order valence-electron chi connectivity index (χ3n) is 3.86. The molecule has 1 saturated carbocycles. The highest BCUT2D eigenvalue weighted by atomic mass is 35.5. The van der Waals surface area contributed by atoms with Gasteiger partial charge in [0.15, 0.2) is 0 Å². The lowest BCUT2D eigenvalue weighted by molar-refractivity contribution is -0.142. The molecule has 4 heteroatoms. The topological polar surface area (TPSA) is 46.3 Å². The summed E-state index contributed by atoms with van der Waals surface area (Å²) < 4.78 is 0. The third kappa shape index (κ3) is 2.89. The quantitative estimate of drug-likeness (QED) is 0.827. The van der Waals surface area contributed by atoms with Gasteiger partial charge >= 0.3 is 0 Å². The van der Waals surface area contributed by atoms with Crippen molar-refractivity contribution in [2.45, 2.75) is 51.0 Å². The van der Waals surface area contributed by atoms with Crippen molar-refractivity contribution in [1.29, 1.82) is 0 Å². The molecule has 0 bridgehead atoms. The molecule has 3 nitrogen and oxygen atoms in total. The zero-order chi connectivity index (χ0) is 10.7. The first kappa shape index (κ1) is 13.8. The largest absolute Gasteiger partial charge is 0.339 e. The molecule has 2 aliphatic rings. The molecule has 0 aromatic heterocycles. The van der Waals surface area contributed by atoms with Gasteiger partial charge in [-0.15, -0.1) is 12.4 Å². The maximum Gasteiger partial charge on any atom is 0.225 e. The molecule has 1 heterocycles. The average Bonchev–Trinajstić information content (AvgIpc) is 2.16. The number of rotatable bonds is 3. The zero-order valence-electron chi connectivity index (χ0n) is 9.86. The number of carbonyl (C=O) groups excluding carboxylic acids is 1. The van der Waals surface area contributed by atoms with Gasteiger partial charge in [0.25, 0.3) is 0 Å². The zero-order valence-corrected chi connectivity index (χ0v) is 10.7. The van der Waals surface area contributed by atoms with Crippen LogP contribution >= 0.6 is 12.4 Å². The van der Waals surface area contributed by atoms with Gasteiger partial charge in [0.1, 0.15) is 0 Å². The molecule has 1 aliphatic carbocycles. The number of likely N-dealkylation sites (tertiary alicyclic amines) is 1. The van der Waals surface area contributed by atoms with Gasteiger partial charge in [-0.2, -0.15) is 0 Å². The van der Waals surface area contributed by atoms with Crippen molar-refractivity contribution in [3.63, 3.8) is 0 Å². The maximum atomic E-state index is 12.2. The highest BCUT2D eigenvalue weighted by molar-refractivity contribution is 5.85. The Labute approximate surface area is 104 Å². The SMILES string of the molecule is Cl.NCCC1CCCCN1C(=O)C1CCC1. The van der Waals surface area contributed by atoms with Gasteiger partial charge in [-0.25, -0.2) is 0 Å². The first-order valence-electron chi connectivity index (χ1n) is 6.33. The molecule has 1 atom stereocenters. The van der Waals surface area contributed by atoms with Crippen LogP contribution in [0.25, 0.3) is 0 Å². The molecule has 2 rings (SSSR count). The average molecular weight is 247 g/mol. The van der Waals surface area contributed by atoms with E-state index in [4.69, 9.17) is 5.73 Å². The number of amides is 1. The number of nitrogens with two attached hydrogens (primary N) is 1. The van der Waals surface area contributed by atoms with E-state index in [-0.39, 0.29) is 12.4 Å². The second-order valence-corrected chi connectivity index (χ2v) is 4.89. The van der Waals surface area contributed by atoms with Gasteiger partial charge in [0.2, 0.25) is 5.91 Å². The lowest BCUT2D eigenvalue weighted by Gasteiger charge is -2.39. The second kappa shape index (κ2) is 6.45. The number of halogens is 1. The molecule has 2 N–H and O–H groups in total. The number of hydrogen-bond donors (Lipinski definition) is 1. The summed E-state index contributed by atoms with van der Waals surface area (Å²) in [7, 11) is 0. The van der Waals surface area contributed by atoms with Crippen molar-refractivity contribution in [2.75, 3.05) is 13.1 Å². The number of piperidine rings is 1. The lowest BCUT2D eigenvalue weighted by Crippen LogP contribution is -2.48. The van der Waals surface area contributed by atoms with Gasteiger partial charge in [0, 0.05) is 18.5 Å². The summed E-state index contributed by atoms with van der Waals surface area (Å²) in [6, 6.07) is 0.442. The van der Waals surface area contributed by atoms with Crippen LogP contribution in [-0.2, 0) is 4.79 Å². The molecule has 1 amide bonds. The van der Waals surface area contributed by atoms with Gasteiger partial charge in [0.05, 0.1) is 0 Å². The predicted octanol–water partition coefficient (Wildman–Crippen LogP) is 1.94. The first-order chi connectivity index (χ1) is 7.33. The number of hydrogen-bond acceptors (Lipinski definition) is 2. The van der Waals surface area contributed by atoms with Crippen LogP contribution in [0.15, 0.2) is 0 Å². The molecule has 1 saturated heterocycles. The Balaban J connectivity index is 0.00000128. The predicted molar refractivity (Wildman–Crippen MR) is 67.6 cm³/mol. The van der Waals surface area contributed by atoms with E-state index in [0.717, 1.165) is 32.2 Å². The van der Waals surface area contributed by atoms with Crippen molar-refractivity contribution < 1.29 is 4.79 Å². The Morgan fingerprint density at radius 1 is 1.19 bits per heavy atom. The fourth-order valence-corrected chi connectivity index (χ4v) is 2.67. The first-order valence-corrected chi connectivity index (χ1v) is 6.33. The highest BCUT2D eigenvalue weighted by Gasteiger charge is 2.33. The van der Waals surface area contributed by atoms with Crippen molar-refractivity contribution in [2.24, 2.45) is 11.7 Å². The Morgan fingerprint density at radius 3 is 2.50 bits per heavy atom. The fourth-order valence-electron chi connectivity index (χ4n) is 2.67. The number of nitrogens with zero attached hydrogens (tertiary/aromatic N) is 1. The fraction of sp³-hybridized carbons (Fsp3) is 0.917. The standard InChI is InChI=1S/C12H22N2O.ClH/c13-8-7-11-6-1-2-9-14(11)12(15)10-4-3-5-10;/h10-11H,1-9,13H2;1H. The molecule has 2 fully saturated rings. The summed E-state index contributed by atoms with van der Waals surface area (Å²) in [6.45, 7) is 1.68. The van der Waals surface area contributed by atoms with Crippen LogP contribution in [0.1, 0.15) is 44.9 Å². The molecule has 1 unspecified atom stereocenters. The number of carbonyl (C=O) groups is 1. The van der Waals surface area contributed by atoms with E-state index < -0.39 is 0 Å². The maximum absolute atomic E-state index is 12.2. The Hall–Kier alpha value is -0.280. The van der Waals surface area contributed by atoms with Crippen LogP contribution in [0, 0.1) is 5.92 Å². The summed E-state index contributed by atoms with van der Waals surface area (Å²) in [4.78, 5) is 14.3. The smallest absolute Gasteiger partial charge is 0.225 e. The minimum Gasteiger partial charge on any atom is -0.339 e. The summed E-state index contributed by atoms with van der Waals surface area (Å²) in [5.41, 5.74) is 5.61. The van der Waals surface area contributed by atoms with E-state index in [9.17, 15) is 4.79 Å². The van der Waals surface area contributed by atoms with E-state index in [1.807, 2.05) is 0 Å². The van der Waals surface area contributed by atoms with E-state index in [1.54, 1.807) is 0 Å². The van der Waals surface area contributed by atoms with Crippen LogP contribution < -0.4 is 5.73 Å². The van der Waals surface area contributed by atoms with Crippen LogP contribution in [0.3, 0.4) is 0 Å². The summed E-state index contributed by atoms with van der Waals surface area (Å²) in [6.07, 6.45) is 8.06. The second-order valence-electron chi connectivity index (χ2n) is 4.89. The van der Waals surface area contributed by atoms with Crippen LogP contribution in [0.2, 0.25) is 0 Å². The van der Waals surface area contributed by atoms with Crippen molar-refractivity contribution in [3.8, 4) is 0 Å². The molecule has 0 spiro atoms. The molecule has 0 aromatic rings. The molecule has 94 valence electrons. The Kier molecular flexibility index (Phi) is 5.56. The van der Waals surface area contributed by atoms with Crippen molar-refractivity contribution in [1.82, 2.24) is 4.90 Å². The van der Waals surface area contributed by atoms with Gasteiger partial charge in [-0.05, 0) is 45.1 Å².